The first-order valence-electron chi connectivity index (χ1n) is 8.12. The van der Waals surface area contributed by atoms with Crippen LogP contribution in [0.4, 0.5) is 5.69 Å². The molecule has 130 valence electrons. The van der Waals surface area contributed by atoms with Crippen LogP contribution >= 0.6 is 0 Å². The second kappa shape index (κ2) is 6.11. The second-order valence-corrected chi connectivity index (χ2v) is 5.83. The van der Waals surface area contributed by atoms with Gasteiger partial charge >= 0.3 is 11.9 Å². The Morgan fingerprint density at radius 3 is 2.38 bits per heavy atom. The molecular formula is C19H14N2O5. The number of carbonyl (C=O) groups is 3. The summed E-state index contributed by atoms with van der Waals surface area (Å²) in [6.07, 6.45) is 5.80. The Labute approximate surface area is 148 Å². The zero-order valence-electron chi connectivity index (χ0n) is 13.8. The summed E-state index contributed by atoms with van der Waals surface area (Å²) in [6, 6.07) is 6.19. The number of hydrogen-bond acceptors (Lipinski definition) is 6. The lowest BCUT2D eigenvalue weighted by Gasteiger charge is -2.25. The highest BCUT2D eigenvalue weighted by molar-refractivity contribution is 6.12. The van der Waals surface area contributed by atoms with E-state index in [1.807, 2.05) is 6.92 Å². The van der Waals surface area contributed by atoms with Gasteiger partial charge in [0, 0.05) is 41.4 Å². The molecule has 2 aliphatic rings. The number of aromatic nitrogens is 1. The summed E-state index contributed by atoms with van der Waals surface area (Å²) < 4.78 is 10.6. The Kier molecular flexibility index (Phi) is 3.76. The molecule has 0 aliphatic carbocycles. The summed E-state index contributed by atoms with van der Waals surface area (Å²) in [5.74, 6) is -1.34. The Hall–Kier alpha value is -3.48. The van der Waals surface area contributed by atoms with Crippen molar-refractivity contribution in [1.82, 2.24) is 4.98 Å². The molecule has 1 atom stereocenters. The maximum atomic E-state index is 13.0. The van der Waals surface area contributed by atoms with Gasteiger partial charge in [0.15, 0.2) is 11.5 Å². The summed E-state index contributed by atoms with van der Waals surface area (Å²) in [6.45, 7) is 1.93. The van der Waals surface area contributed by atoms with E-state index in [0.29, 0.717) is 23.2 Å². The van der Waals surface area contributed by atoms with E-state index in [0.717, 1.165) is 12.2 Å². The zero-order valence-corrected chi connectivity index (χ0v) is 13.8. The van der Waals surface area contributed by atoms with E-state index in [1.165, 1.54) is 6.07 Å². The molecule has 7 heteroatoms. The van der Waals surface area contributed by atoms with Crippen LogP contribution in [0.1, 0.15) is 35.3 Å². The monoisotopic (exact) mass is 350 g/mol. The summed E-state index contributed by atoms with van der Waals surface area (Å²) >= 11 is 0. The first-order chi connectivity index (χ1) is 12.6. The predicted octanol–water partition coefficient (Wildman–Crippen LogP) is 2.57. The van der Waals surface area contributed by atoms with Gasteiger partial charge in [-0.1, -0.05) is 6.92 Å². The van der Waals surface area contributed by atoms with Crippen molar-refractivity contribution in [3.05, 3.63) is 59.9 Å². The summed E-state index contributed by atoms with van der Waals surface area (Å²) in [7, 11) is 0. The maximum absolute atomic E-state index is 13.0. The van der Waals surface area contributed by atoms with E-state index in [4.69, 9.17) is 9.47 Å². The first-order valence-corrected chi connectivity index (χ1v) is 8.12. The normalized spacial score (nSPS) is 19.8. The SMILES string of the molecule is CCC1c2c(ccc3c2OC(=O)/C=C\C(=O)O3)C(=O)N1c1ccncc1. The maximum Gasteiger partial charge on any atom is 0.336 e. The molecule has 2 aliphatic heterocycles. The minimum atomic E-state index is -0.694. The number of esters is 2. The Bertz CT molecular complexity index is 952. The largest absolute Gasteiger partial charge is 0.419 e. The van der Waals surface area contributed by atoms with Crippen LogP contribution in [0.25, 0.3) is 0 Å². The lowest BCUT2D eigenvalue weighted by molar-refractivity contribution is -0.133. The van der Waals surface area contributed by atoms with Gasteiger partial charge in [-0.15, -0.1) is 0 Å². The van der Waals surface area contributed by atoms with Crippen molar-refractivity contribution < 1.29 is 23.9 Å². The molecule has 7 nitrogen and oxygen atoms in total. The molecular weight excluding hydrogens is 336 g/mol. The number of anilines is 1. The number of ether oxygens (including phenoxy) is 2. The topological polar surface area (TPSA) is 85.8 Å². The summed E-state index contributed by atoms with van der Waals surface area (Å²) in [5.41, 5.74) is 1.65. The van der Waals surface area contributed by atoms with Crippen molar-refractivity contribution in [3.8, 4) is 11.5 Å². The predicted molar refractivity (Wildman–Crippen MR) is 90.9 cm³/mol. The smallest absolute Gasteiger partial charge is 0.336 e. The minimum Gasteiger partial charge on any atom is -0.419 e. The van der Waals surface area contributed by atoms with Gasteiger partial charge in [0.25, 0.3) is 5.91 Å². The molecule has 0 saturated carbocycles. The molecule has 1 aromatic heterocycles. The standard InChI is InChI=1S/C19H14N2O5/c1-2-13-17-12(19(24)21(13)11-7-9-20-10-8-11)3-4-14-18(17)26-16(23)6-5-15(22)25-14/h3-10,13H,2H2,1H3/b6-5-. The van der Waals surface area contributed by atoms with Crippen LogP contribution in [0, 0.1) is 0 Å². The second-order valence-electron chi connectivity index (χ2n) is 5.83. The van der Waals surface area contributed by atoms with Crippen LogP contribution in [-0.2, 0) is 9.59 Å². The third-order valence-corrected chi connectivity index (χ3v) is 4.35. The van der Waals surface area contributed by atoms with E-state index in [2.05, 4.69) is 4.98 Å². The van der Waals surface area contributed by atoms with Gasteiger partial charge in [-0.25, -0.2) is 9.59 Å². The average molecular weight is 350 g/mol. The van der Waals surface area contributed by atoms with E-state index >= 15 is 0 Å². The molecule has 0 radical (unpaired) electrons. The van der Waals surface area contributed by atoms with E-state index in [9.17, 15) is 14.4 Å². The van der Waals surface area contributed by atoms with Crippen LogP contribution < -0.4 is 14.4 Å². The van der Waals surface area contributed by atoms with Crippen LogP contribution in [0.2, 0.25) is 0 Å². The fourth-order valence-corrected chi connectivity index (χ4v) is 3.28. The molecule has 0 bridgehead atoms. The average Bonchev–Trinajstić information content (AvgIpc) is 2.93. The number of benzene rings is 1. The van der Waals surface area contributed by atoms with E-state index in [1.54, 1.807) is 35.5 Å². The highest BCUT2D eigenvalue weighted by atomic mass is 16.6. The van der Waals surface area contributed by atoms with Crippen molar-refractivity contribution in [2.45, 2.75) is 19.4 Å². The van der Waals surface area contributed by atoms with E-state index < -0.39 is 11.9 Å². The molecule has 3 heterocycles. The van der Waals surface area contributed by atoms with Gasteiger partial charge in [0.1, 0.15) is 0 Å². The van der Waals surface area contributed by atoms with Crippen LogP contribution in [0.15, 0.2) is 48.8 Å². The Morgan fingerprint density at radius 2 is 1.69 bits per heavy atom. The van der Waals surface area contributed by atoms with Crippen LogP contribution in [0.3, 0.4) is 0 Å². The molecule has 2 aromatic rings. The van der Waals surface area contributed by atoms with Gasteiger partial charge in [0.2, 0.25) is 0 Å². The number of hydrogen-bond donors (Lipinski definition) is 0. The molecule has 0 spiro atoms. The Morgan fingerprint density at radius 1 is 1.00 bits per heavy atom. The zero-order chi connectivity index (χ0) is 18.3. The van der Waals surface area contributed by atoms with Gasteiger partial charge in [0.05, 0.1) is 6.04 Å². The third-order valence-electron chi connectivity index (χ3n) is 4.35. The summed E-state index contributed by atoms with van der Waals surface area (Å²) in [4.78, 5) is 42.3. The lowest BCUT2D eigenvalue weighted by atomic mass is 10.0. The number of fused-ring (bicyclic) bond motifs is 3. The summed E-state index contributed by atoms with van der Waals surface area (Å²) in [5, 5.41) is 0. The van der Waals surface area contributed by atoms with Crippen molar-refractivity contribution in [2.75, 3.05) is 4.90 Å². The molecule has 0 fully saturated rings. The Balaban J connectivity index is 1.89. The van der Waals surface area contributed by atoms with Crippen molar-refractivity contribution in [2.24, 2.45) is 0 Å². The number of rotatable bonds is 2. The van der Waals surface area contributed by atoms with Crippen molar-refractivity contribution >= 4 is 23.5 Å². The van der Waals surface area contributed by atoms with Crippen LogP contribution in [0.5, 0.6) is 11.5 Å². The highest BCUT2D eigenvalue weighted by Gasteiger charge is 2.41. The fraction of sp³-hybridized carbons (Fsp3) is 0.158. The van der Waals surface area contributed by atoms with Crippen LogP contribution in [-0.4, -0.2) is 22.8 Å². The molecule has 26 heavy (non-hydrogen) atoms. The molecule has 4 rings (SSSR count). The molecule has 1 amide bonds. The van der Waals surface area contributed by atoms with Gasteiger partial charge in [-0.3, -0.25) is 9.78 Å². The number of pyridine rings is 1. The van der Waals surface area contributed by atoms with Gasteiger partial charge < -0.3 is 14.4 Å². The number of amides is 1. The van der Waals surface area contributed by atoms with Crippen molar-refractivity contribution in [1.29, 1.82) is 0 Å². The van der Waals surface area contributed by atoms with Crippen molar-refractivity contribution in [3.63, 3.8) is 0 Å². The fourth-order valence-electron chi connectivity index (χ4n) is 3.28. The quantitative estimate of drug-likeness (QED) is 0.611. The highest BCUT2D eigenvalue weighted by Crippen LogP contribution is 2.47. The number of nitrogens with zero attached hydrogens (tertiary/aromatic N) is 2. The van der Waals surface area contributed by atoms with Gasteiger partial charge in [-0.05, 0) is 30.7 Å². The van der Waals surface area contributed by atoms with E-state index in [-0.39, 0.29) is 23.4 Å². The molecule has 1 unspecified atom stereocenters. The lowest BCUT2D eigenvalue weighted by Crippen LogP contribution is -2.27. The third kappa shape index (κ3) is 2.45. The molecule has 0 saturated heterocycles. The van der Waals surface area contributed by atoms with Gasteiger partial charge in [-0.2, -0.15) is 0 Å². The number of carbonyl (C=O) groups excluding carboxylic acids is 3. The first kappa shape index (κ1) is 16.0. The molecule has 1 aromatic carbocycles. The molecule has 0 N–H and O–H groups in total. The minimum absolute atomic E-state index is 0.113.